The Balaban J connectivity index is 2.67. The molecule has 4 heteroatoms. The zero-order valence-corrected chi connectivity index (χ0v) is 10.4. The van der Waals surface area contributed by atoms with Crippen LogP contribution in [-0.4, -0.2) is 25.5 Å². The van der Waals surface area contributed by atoms with Gasteiger partial charge in [-0.25, -0.2) is 0 Å². The van der Waals surface area contributed by atoms with E-state index in [1.165, 1.54) is 4.90 Å². The predicted octanol–water partition coefficient (Wildman–Crippen LogP) is 1.91. The zero-order valence-electron chi connectivity index (χ0n) is 10.4. The van der Waals surface area contributed by atoms with Gasteiger partial charge in [0.15, 0.2) is 0 Å². The van der Waals surface area contributed by atoms with E-state index in [1.807, 2.05) is 31.2 Å². The molecular weight excluding hydrogens is 218 g/mol. The molecule has 0 atom stereocenters. The molecule has 0 aliphatic carbocycles. The first-order valence-corrected chi connectivity index (χ1v) is 5.53. The number of aryl methyl sites for hydroxylation is 1. The summed E-state index contributed by atoms with van der Waals surface area (Å²) < 4.78 is 4.74. The maximum Gasteiger partial charge on any atom is 0.315 e. The molecule has 0 aliphatic rings. The summed E-state index contributed by atoms with van der Waals surface area (Å²) in [4.78, 5) is 24.4. The van der Waals surface area contributed by atoms with Crippen LogP contribution in [0.5, 0.6) is 0 Å². The second-order valence-corrected chi connectivity index (χ2v) is 3.77. The van der Waals surface area contributed by atoms with Crippen LogP contribution in [0.15, 0.2) is 24.3 Å². The van der Waals surface area contributed by atoms with Gasteiger partial charge in [-0.3, -0.25) is 9.59 Å². The van der Waals surface area contributed by atoms with E-state index in [0.29, 0.717) is 6.61 Å². The summed E-state index contributed by atoms with van der Waals surface area (Å²) >= 11 is 0. The Morgan fingerprint density at radius 3 is 2.65 bits per heavy atom. The van der Waals surface area contributed by atoms with Crippen molar-refractivity contribution in [3.8, 4) is 0 Å². The summed E-state index contributed by atoms with van der Waals surface area (Å²) in [5.41, 5.74) is 1.84. The average molecular weight is 235 g/mol. The molecule has 0 saturated heterocycles. The number of rotatable bonds is 4. The van der Waals surface area contributed by atoms with E-state index in [-0.39, 0.29) is 12.3 Å². The van der Waals surface area contributed by atoms with Crippen molar-refractivity contribution in [1.29, 1.82) is 0 Å². The Bertz CT molecular complexity index is 415. The number of hydrogen-bond acceptors (Lipinski definition) is 3. The number of carbonyl (C=O) groups is 2. The minimum atomic E-state index is -0.489. The number of anilines is 1. The summed E-state index contributed by atoms with van der Waals surface area (Å²) in [6.45, 7) is 3.96. The molecule has 0 spiro atoms. The predicted molar refractivity (Wildman–Crippen MR) is 65.8 cm³/mol. The summed E-state index contributed by atoms with van der Waals surface area (Å²) in [5, 5.41) is 0. The molecule has 0 fully saturated rings. The second-order valence-electron chi connectivity index (χ2n) is 3.77. The number of benzene rings is 1. The van der Waals surface area contributed by atoms with Crippen molar-refractivity contribution < 1.29 is 14.3 Å². The van der Waals surface area contributed by atoms with Crippen LogP contribution >= 0.6 is 0 Å². The fourth-order valence-electron chi connectivity index (χ4n) is 1.43. The Morgan fingerprint density at radius 1 is 1.35 bits per heavy atom. The van der Waals surface area contributed by atoms with Crippen LogP contribution < -0.4 is 4.90 Å². The largest absolute Gasteiger partial charge is 0.466 e. The van der Waals surface area contributed by atoms with Gasteiger partial charge >= 0.3 is 5.97 Å². The van der Waals surface area contributed by atoms with Crippen LogP contribution in [0.25, 0.3) is 0 Å². The SMILES string of the molecule is CCOC(=O)CC(=O)N(C)c1cccc(C)c1. The maximum atomic E-state index is 11.8. The molecule has 0 N–H and O–H groups in total. The van der Waals surface area contributed by atoms with Crippen molar-refractivity contribution in [1.82, 2.24) is 0 Å². The topological polar surface area (TPSA) is 46.6 Å². The molecule has 0 saturated carbocycles. The molecule has 1 amide bonds. The fourth-order valence-corrected chi connectivity index (χ4v) is 1.43. The molecule has 92 valence electrons. The third kappa shape index (κ3) is 3.90. The normalized spacial score (nSPS) is 9.82. The van der Waals surface area contributed by atoms with Crippen LogP contribution in [0.3, 0.4) is 0 Å². The van der Waals surface area contributed by atoms with E-state index in [1.54, 1.807) is 14.0 Å². The van der Waals surface area contributed by atoms with Crippen molar-refractivity contribution in [2.45, 2.75) is 20.3 Å². The quantitative estimate of drug-likeness (QED) is 0.591. The summed E-state index contributed by atoms with van der Waals surface area (Å²) in [7, 11) is 1.65. The van der Waals surface area contributed by atoms with Crippen LogP contribution in [0.1, 0.15) is 18.9 Å². The molecule has 1 aromatic carbocycles. The van der Waals surface area contributed by atoms with E-state index >= 15 is 0 Å². The lowest BCUT2D eigenvalue weighted by Gasteiger charge is -2.17. The third-order valence-electron chi connectivity index (χ3n) is 2.36. The molecule has 1 rings (SSSR count). The van der Waals surface area contributed by atoms with Crippen LogP contribution in [0.2, 0.25) is 0 Å². The first kappa shape index (κ1) is 13.2. The fraction of sp³-hybridized carbons (Fsp3) is 0.385. The maximum absolute atomic E-state index is 11.8. The van der Waals surface area contributed by atoms with E-state index in [0.717, 1.165) is 11.3 Å². The number of nitrogens with zero attached hydrogens (tertiary/aromatic N) is 1. The van der Waals surface area contributed by atoms with Gasteiger partial charge in [0.2, 0.25) is 5.91 Å². The van der Waals surface area contributed by atoms with Crippen molar-refractivity contribution in [3.05, 3.63) is 29.8 Å². The Hall–Kier alpha value is -1.84. The van der Waals surface area contributed by atoms with Gasteiger partial charge in [0, 0.05) is 12.7 Å². The first-order chi connectivity index (χ1) is 8.04. The average Bonchev–Trinajstić information content (AvgIpc) is 2.28. The van der Waals surface area contributed by atoms with Gasteiger partial charge < -0.3 is 9.64 Å². The molecular formula is C13H17NO3. The molecule has 0 heterocycles. The number of esters is 1. The lowest BCUT2D eigenvalue weighted by atomic mass is 10.2. The van der Waals surface area contributed by atoms with E-state index < -0.39 is 5.97 Å². The highest BCUT2D eigenvalue weighted by molar-refractivity contribution is 6.03. The standard InChI is InChI=1S/C13H17NO3/c1-4-17-13(16)9-12(15)14(3)11-7-5-6-10(2)8-11/h5-8H,4,9H2,1-3H3. The van der Waals surface area contributed by atoms with Crippen molar-refractivity contribution >= 4 is 17.6 Å². The third-order valence-corrected chi connectivity index (χ3v) is 2.36. The lowest BCUT2D eigenvalue weighted by molar-refractivity contribution is -0.145. The van der Waals surface area contributed by atoms with Gasteiger partial charge in [0.1, 0.15) is 6.42 Å². The molecule has 0 radical (unpaired) electrons. The van der Waals surface area contributed by atoms with E-state index in [9.17, 15) is 9.59 Å². The highest BCUT2D eigenvalue weighted by atomic mass is 16.5. The van der Waals surface area contributed by atoms with Crippen molar-refractivity contribution in [3.63, 3.8) is 0 Å². The Morgan fingerprint density at radius 2 is 2.06 bits per heavy atom. The molecule has 0 bridgehead atoms. The van der Waals surface area contributed by atoms with Crippen molar-refractivity contribution in [2.24, 2.45) is 0 Å². The number of ether oxygens (including phenoxy) is 1. The number of carbonyl (C=O) groups excluding carboxylic acids is 2. The van der Waals surface area contributed by atoms with E-state index in [4.69, 9.17) is 4.74 Å². The highest BCUT2D eigenvalue weighted by Gasteiger charge is 2.15. The molecule has 4 nitrogen and oxygen atoms in total. The zero-order chi connectivity index (χ0) is 12.8. The monoisotopic (exact) mass is 235 g/mol. The summed E-state index contributed by atoms with van der Waals surface area (Å²) in [5.74, 6) is -0.758. The molecule has 17 heavy (non-hydrogen) atoms. The van der Waals surface area contributed by atoms with Gasteiger partial charge in [0.25, 0.3) is 0 Å². The van der Waals surface area contributed by atoms with Gasteiger partial charge in [-0.15, -0.1) is 0 Å². The number of hydrogen-bond donors (Lipinski definition) is 0. The number of amides is 1. The van der Waals surface area contributed by atoms with E-state index in [2.05, 4.69) is 0 Å². The summed E-state index contributed by atoms with van der Waals surface area (Å²) in [6, 6.07) is 7.55. The molecule has 0 aromatic heterocycles. The van der Waals surface area contributed by atoms with Crippen LogP contribution in [0.4, 0.5) is 5.69 Å². The van der Waals surface area contributed by atoms with Crippen molar-refractivity contribution in [2.75, 3.05) is 18.6 Å². The van der Waals surface area contributed by atoms with Gasteiger partial charge in [0.05, 0.1) is 6.61 Å². The minimum Gasteiger partial charge on any atom is -0.466 e. The summed E-state index contributed by atoms with van der Waals surface area (Å²) in [6.07, 6.45) is -0.224. The van der Waals surface area contributed by atoms with Crippen LogP contribution in [0, 0.1) is 6.92 Å². The van der Waals surface area contributed by atoms with Gasteiger partial charge in [-0.05, 0) is 31.5 Å². The lowest BCUT2D eigenvalue weighted by Crippen LogP contribution is -2.28. The van der Waals surface area contributed by atoms with Gasteiger partial charge in [-0.1, -0.05) is 12.1 Å². The molecule has 1 aromatic rings. The second kappa shape index (κ2) is 6.03. The van der Waals surface area contributed by atoms with Crippen LogP contribution in [-0.2, 0) is 14.3 Å². The molecule has 0 unspecified atom stereocenters. The Labute approximate surface area is 101 Å². The Kier molecular flexibility index (Phi) is 4.69. The smallest absolute Gasteiger partial charge is 0.315 e. The first-order valence-electron chi connectivity index (χ1n) is 5.53. The minimum absolute atomic E-state index is 0.224. The molecule has 0 aliphatic heterocycles. The highest BCUT2D eigenvalue weighted by Crippen LogP contribution is 2.15. The van der Waals surface area contributed by atoms with Gasteiger partial charge in [-0.2, -0.15) is 0 Å².